The van der Waals surface area contributed by atoms with Crippen molar-refractivity contribution in [2.24, 2.45) is 11.1 Å². The van der Waals surface area contributed by atoms with Crippen LogP contribution in [0.25, 0.3) is 0 Å². The van der Waals surface area contributed by atoms with Crippen LogP contribution in [0.4, 0.5) is 4.79 Å². The van der Waals surface area contributed by atoms with Gasteiger partial charge >= 0.3 is 6.09 Å². The minimum Gasteiger partial charge on any atom is -0.444 e. The Morgan fingerprint density at radius 2 is 2.11 bits per heavy atom. The Labute approximate surface area is 115 Å². The normalized spacial score (nSPS) is 35.1. The van der Waals surface area contributed by atoms with E-state index in [9.17, 15) is 9.90 Å². The van der Waals surface area contributed by atoms with Crippen LogP contribution in [0.1, 0.15) is 46.5 Å². The van der Waals surface area contributed by atoms with Gasteiger partial charge in [-0.1, -0.05) is 0 Å². The number of hydrogen-bond acceptors (Lipinski definition) is 4. The number of ether oxygens (including phenoxy) is 1. The second-order valence-electron chi connectivity index (χ2n) is 6.96. The van der Waals surface area contributed by atoms with Gasteiger partial charge in [0.15, 0.2) is 0 Å². The maximum atomic E-state index is 12.3. The van der Waals surface area contributed by atoms with Crippen molar-refractivity contribution in [1.82, 2.24) is 4.90 Å². The standard InChI is InChI=1S/C14H26N2O3/c1-13(2,3)19-12(18)16-6-4-5-11(16)14(9-15)7-10(17)8-14/h10-11,17H,4-9,15H2,1-3H3. The molecule has 1 amide bonds. The van der Waals surface area contributed by atoms with Gasteiger partial charge in [-0.3, -0.25) is 0 Å². The molecule has 5 heteroatoms. The Morgan fingerprint density at radius 3 is 2.58 bits per heavy atom. The first-order valence-electron chi connectivity index (χ1n) is 7.15. The molecule has 0 aromatic carbocycles. The van der Waals surface area contributed by atoms with E-state index >= 15 is 0 Å². The summed E-state index contributed by atoms with van der Waals surface area (Å²) in [4.78, 5) is 14.1. The largest absolute Gasteiger partial charge is 0.444 e. The molecule has 110 valence electrons. The fourth-order valence-electron chi connectivity index (χ4n) is 3.40. The van der Waals surface area contributed by atoms with E-state index < -0.39 is 5.60 Å². The van der Waals surface area contributed by atoms with Crippen molar-refractivity contribution in [3.05, 3.63) is 0 Å². The summed E-state index contributed by atoms with van der Waals surface area (Å²) in [6.45, 7) is 6.89. The van der Waals surface area contributed by atoms with E-state index in [1.54, 1.807) is 0 Å². The zero-order valence-corrected chi connectivity index (χ0v) is 12.2. The number of nitrogens with zero attached hydrogens (tertiary/aromatic N) is 1. The smallest absolute Gasteiger partial charge is 0.410 e. The third kappa shape index (κ3) is 2.87. The van der Waals surface area contributed by atoms with Crippen LogP contribution in [0.15, 0.2) is 0 Å². The number of aliphatic hydroxyl groups is 1. The van der Waals surface area contributed by atoms with Gasteiger partial charge in [0, 0.05) is 24.5 Å². The molecule has 2 aliphatic rings. The Balaban J connectivity index is 2.07. The van der Waals surface area contributed by atoms with Gasteiger partial charge < -0.3 is 20.5 Å². The van der Waals surface area contributed by atoms with E-state index in [-0.39, 0.29) is 23.7 Å². The molecule has 19 heavy (non-hydrogen) atoms. The van der Waals surface area contributed by atoms with Crippen LogP contribution in [0.3, 0.4) is 0 Å². The van der Waals surface area contributed by atoms with Gasteiger partial charge in [0.1, 0.15) is 5.60 Å². The number of aliphatic hydroxyl groups excluding tert-OH is 1. The van der Waals surface area contributed by atoms with E-state index in [4.69, 9.17) is 10.5 Å². The predicted molar refractivity (Wildman–Crippen MR) is 72.7 cm³/mol. The molecular weight excluding hydrogens is 244 g/mol. The minimum absolute atomic E-state index is 0.104. The second kappa shape index (κ2) is 4.94. The predicted octanol–water partition coefficient (Wildman–Crippen LogP) is 1.49. The molecule has 0 bridgehead atoms. The van der Waals surface area contributed by atoms with E-state index in [1.165, 1.54) is 0 Å². The van der Waals surface area contributed by atoms with Crippen LogP contribution in [0.2, 0.25) is 0 Å². The molecule has 1 atom stereocenters. The number of nitrogens with two attached hydrogens (primary N) is 1. The van der Waals surface area contributed by atoms with Crippen LogP contribution in [-0.4, -0.2) is 46.9 Å². The van der Waals surface area contributed by atoms with Gasteiger partial charge in [-0.2, -0.15) is 0 Å². The number of likely N-dealkylation sites (tertiary alicyclic amines) is 1. The lowest BCUT2D eigenvalue weighted by Gasteiger charge is -2.51. The Hall–Kier alpha value is -0.810. The van der Waals surface area contributed by atoms with Crippen LogP contribution in [0.5, 0.6) is 0 Å². The highest BCUT2D eigenvalue weighted by atomic mass is 16.6. The number of carbonyl (C=O) groups excluding carboxylic acids is 1. The van der Waals surface area contributed by atoms with E-state index in [0.717, 1.165) is 19.4 Å². The van der Waals surface area contributed by atoms with Gasteiger partial charge in [0.25, 0.3) is 0 Å². The summed E-state index contributed by atoms with van der Waals surface area (Å²) in [6.07, 6.45) is 2.85. The van der Waals surface area contributed by atoms with E-state index in [0.29, 0.717) is 19.4 Å². The molecule has 1 heterocycles. The lowest BCUT2D eigenvalue weighted by Crippen LogP contribution is -2.59. The summed E-state index contributed by atoms with van der Waals surface area (Å²) in [5.41, 5.74) is 5.33. The zero-order chi connectivity index (χ0) is 14.3. The third-order valence-electron chi connectivity index (χ3n) is 4.28. The van der Waals surface area contributed by atoms with Crippen molar-refractivity contribution in [2.75, 3.05) is 13.1 Å². The number of amides is 1. The van der Waals surface area contributed by atoms with Crippen molar-refractivity contribution in [3.63, 3.8) is 0 Å². The summed E-state index contributed by atoms with van der Waals surface area (Å²) in [6, 6.07) is 0.121. The van der Waals surface area contributed by atoms with Crippen molar-refractivity contribution in [2.45, 2.75) is 64.2 Å². The van der Waals surface area contributed by atoms with Crippen molar-refractivity contribution >= 4 is 6.09 Å². The van der Waals surface area contributed by atoms with Gasteiger partial charge in [0.05, 0.1) is 6.10 Å². The average molecular weight is 270 g/mol. The topological polar surface area (TPSA) is 75.8 Å². The zero-order valence-electron chi connectivity index (χ0n) is 12.2. The van der Waals surface area contributed by atoms with Crippen LogP contribution in [-0.2, 0) is 4.74 Å². The van der Waals surface area contributed by atoms with Gasteiger partial charge in [-0.15, -0.1) is 0 Å². The summed E-state index contributed by atoms with van der Waals surface area (Å²) < 4.78 is 5.47. The summed E-state index contributed by atoms with van der Waals surface area (Å²) in [5.74, 6) is 0. The van der Waals surface area contributed by atoms with Crippen LogP contribution >= 0.6 is 0 Å². The van der Waals surface area contributed by atoms with Crippen molar-refractivity contribution in [1.29, 1.82) is 0 Å². The Kier molecular flexibility index (Phi) is 3.80. The maximum absolute atomic E-state index is 12.3. The summed E-state index contributed by atoms with van der Waals surface area (Å²) in [7, 11) is 0. The molecule has 1 unspecified atom stereocenters. The monoisotopic (exact) mass is 270 g/mol. The van der Waals surface area contributed by atoms with E-state index in [1.807, 2.05) is 25.7 Å². The lowest BCUT2D eigenvalue weighted by molar-refractivity contribution is -0.0743. The molecule has 1 saturated heterocycles. The highest BCUT2D eigenvalue weighted by Crippen LogP contribution is 2.48. The molecule has 3 N–H and O–H groups in total. The van der Waals surface area contributed by atoms with Crippen molar-refractivity contribution < 1.29 is 14.6 Å². The van der Waals surface area contributed by atoms with Gasteiger partial charge in [0.2, 0.25) is 0 Å². The number of rotatable bonds is 2. The fourth-order valence-corrected chi connectivity index (χ4v) is 3.40. The molecule has 0 aromatic rings. The molecule has 2 fully saturated rings. The first kappa shape index (κ1) is 14.6. The first-order chi connectivity index (χ1) is 8.77. The molecule has 5 nitrogen and oxygen atoms in total. The molecule has 1 aliphatic carbocycles. The molecule has 1 saturated carbocycles. The molecule has 0 spiro atoms. The molecule has 0 radical (unpaired) electrons. The minimum atomic E-state index is -0.473. The highest BCUT2D eigenvalue weighted by molar-refractivity contribution is 5.69. The maximum Gasteiger partial charge on any atom is 0.410 e. The molecule has 0 aromatic heterocycles. The highest BCUT2D eigenvalue weighted by Gasteiger charge is 2.53. The van der Waals surface area contributed by atoms with Crippen molar-refractivity contribution in [3.8, 4) is 0 Å². The quantitative estimate of drug-likeness (QED) is 0.797. The summed E-state index contributed by atoms with van der Waals surface area (Å²) in [5, 5.41) is 9.60. The molecule has 2 rings (SSSR count). The number of carbonyl (C=O) groups is 1. The summed E-state index contributed by atoms with van der Waals surface area (Å²) >= 11 is 0. The Bertz CT molecular complexity index is 345. The Morgan fingerprint density at radius 1 is 1.47 bits per heavy atom. The van der Waals surface area contributed by atoms with Crippen LogP contribution in [0, 0.1) is 5.41 Å². The molecular formula is C14H26N2O3. The fraction of sp³-hybridized carbons (Fsp3) is 0.929. The average Bonchev–Trinajstić information content (AvgIpc) is 2.71. The second-order valence-corrected chi connectivity index (χ2v) is 6.96. The van der Waals surface area contributed by atoms with Gasteiger partial charge in [-0.05, 0) is 46.5 Å². The van der Waals surface area contributed by atoms with Crippen LogP contribution < -0.4 is 5.73 Å². The van der Waals surface area contributed by atoms with E-state index in [2.05, 4.69) is 0 Å². The van der Waals surface area contributed by atoms with Gasteiger partial charge in [-0.25, -0.2) is 4.79 Å². The third-order valence-corrected chi connectivity index (χ3v) is 4.28. The SMILES string of the molecule is CC(C)(C)OC(=O)N1CCCC1C1(CN)CC(O)C1. The first-order valence-corrected chi connectivity index (χ1v) is 7.15. The number of hydrogen-bond donors (Lipinski definition) is 2. The lowest BCUT2D eigenvalue weighted by atomic mass is 9.61. The molecule has 1 aliphatic heterocycles.